The highest BCUT2D eigenvalue weighted by atomic mass is 35.5. The second-order valence-corrected chi connectivity index (χ2v) is 10.3. The Kier molecular flexibility index (Phi) is 7.08. The largest absolute Gasteiger partial charge is 0.396 e. The molecule has 1 aliphatic carbocycles. The van der Waals surface area contributed by atoms with E-state index in [0.717, 1.165) is 31.4 Å². The van der Waals surface area contributed by atoms with Crippen LogP contribution in [0.1, 0.15) is 31.2 Å². The first-order valence-electron chi connectivity index (χ1n) is 10.4. The van der Waals surface area contributed by atoms with Crippen LogP contribution < -0.4 is 0 Å². The Labute approximate surface area is 195 Å². The molecule has 0 radical (unpaired) electrons. The minimum absolute atomic E-state index is 0.0153. The van der Waals surface area contributed by atoms with Crippen molar-refractivity contribution in [2.75, 3.05) is 6.61 Å². The number of aromatic nitrogens is 2. The van der Waals surface area contributed by atoms with E-state index < -0.39 is 34.2 Å². The minimum atomic E-state index is -4.11. The van der Waals surface area contributed by atoms with Gasteiger partial charge in [-0.3, -0.25) is 0 Å². The summed E-state index contributed by atoms with van der Waals surface area (Å²) < 4.78 is 62.8. The van der Waals surface area contributed by atoms with E-state index in [2.05, 4.69) is 14.7 Å². The molecule has 7 nitrogen and oxygen atoms in total. The van der Waals surface area contributed by atoms with Crippen molar-refractivity contribution in [1.29, 1.82) is 0 Å². The highest BCUT2D eigenvalue weighted by Gasteiger charge is 2.38. The van der Waals surface area contributed by atoms with E-state index in [1.807, 2.05) is 0 Å². The minimum Gasteiger partial charge on any atom is -0.396 e. The SMILES string of the molecule is O=S(=O)(c1ccc(Cl)cc1)N(Cc1cc(F)c(-c2ncon2)cc1F)[C@H]1CCCC[C@@H]1CO. The fraction of sp³-hybridized carbons (Fsp3) is 0.364. The van der Waals surface area contributed by atoms with Crippen LogP contribution in [-0.4, -0.2) is 40.6 Å². The molecule has 0 aliphatic heterocycles. The number of sulfonamides is 1. The zero-order valence-electron chi connectivity index (χ0n) is 17.5. The van der Waals surface area contributed by atoms with Gasteiger partial charge in [-0.05, 0) is 55.2 Å². The molecule has 33 heavy (non-hydrogen) atoms. The van der Waals surface area contributed by atoms with Crippen LogP contribution in [0.15, 0.2) is 52.2 Å². The average Bonchev–Trinajstić information content (AvgIpc) is 3.34. The van der Waals surface area contributed by atoms with E-state index in [4.69, 9.17) is 11.6 Å². The van der Waals surface area contributed by atoms with Gasteiger partial charge in [0.05, 0.1) is 10.5 Å². The number of halogens is 3. The third-order valence-corrected chi connectivity index (χ3v) is 8.10. The lowest BCUT2D eigenvalue weighted by Crippen LogP contribution is -2.46. The molecule has 0 bridgehead atoms. The van der Waals surface area contributed by atoms with Crippen molar-refractivity contribution in [1.82, 2.24) is 14.4 Å². The molecule has 3 aromatic rings. The maximum absolute atomic E-state index is 15.0. The predicted octanol–water partition coefficient (Wildman–Crippen LogP) is 4.41. The molecule has 0 amide bonds. The number of rotatable bonds is 7. The second kappa shape index (κ2) is 9.84. The van der Waals surface area contributed by atoms with Crippen LogP contribution >= 0.6 is 11.6 Å². The Morgan fingerprint density at radius 2 is 1.85 bits per heavy atom. The first kappa shape index (κ1) is 23.7. The molecule has 11 heteroatoms. The maximum atomic E-state index is 15.0. The van der Waals surface area contributed by atoms with E-state index in [-0.39, 0.29) is 34.4 Å². The molecule has 0 unspecified atom stereocenters. The second-order valence-electron chi connectivity index (χ2n) is 7.98. The fourth-order valence-corrected chi connectivity index (χ4v) is 6.06. The maximum Gasteiger partial charge on any atom is 0.243 e. The van der Waals surface area contributed by atoms with Crippen LogP contribution in [0.5, 0.6) is 0 Å². The van der Waals surface area contributed by atoms with Crippen LogP contribution in [0.2, 0.25) is 5.02 Å². The number of hydrogen-bond donors (Lipinski definition) is 1. The molecule has 0 saturated heterocycles. The Hall–Kier alpha value is -2.40. The van der Waals surface area contributed by atoms with Crippen LogP contribution in [0.25, 0.3) is 11.4 Å². The Morgan fingerprint density at radius 3 is 2.52 bits per heavy atom. The first-order valence-corrected chi connectivity index (χ1v) is 12.3. The van der Waals surface area contributed by atoms with Crippen molar-refractivity contribution < 1.29 is 26.8 Å². The predicted molar refractivity (Wildman–Crippen MR) is 117 cm³/mol. The third-order valence-electron chi connectivity index (χ3n) is 5.96. The summed E-state index contributed by atoms with van der Waals surface area (Å²) in [6, 6.07) is 6.96. The van der Waals surface area contributed by atoms with Crippen molar-refractivity contribution in [3.05, 3.63) is 65.0 Å². The number of benzene rings is 2. The van der Waals surface area contributed by atoms with Crippen molar-refractivity contribution in [3.8, 4) is 11.4 Å². The summed E-state index contributed by atoms with van der Waals surface area (Å²) in [6.45, 7) is -0.605. The summed E-state index contributed by atoms with van der Waals surface area (Å²) in [7, 11) is -4.11. The molecule has 1 N–H and O–H groups in total. The van der Waals surface area contributed by atoms with Crippen molar-refractivity contribution >= 4 is 21.6 Å². The Balaban J connectivity index is 1.75. The van der Waals surface area contributed by atoms with Gasteiger partial charge in [0, 0.05) is 29.8 Å². The van der Waals surface area contributed by atoms with Gasteiger partial charge in [0.15, 0.2) is 0 Å². The molecule has 2 atom stereocenters. The first-order chi connectivity index (χ1) is 15.8. The number of aliphatic hydroxyl groups excluding tert-OH is 1. The smallest absolute Gasteiger partial charge is 0.243 e. The molecule has 1 heterocycles. The van der Waals surface area contributed by atoms with Gasteiger partial charge < -0.3 is 9.63 Å². The van der Waals surface area contributed by atoms with Crippen LogP contribution in [0, 0.1) is 17.6 Å². The molecular weight excluding hydrogens is 476 g/mol. The summed E-state index contributed by atoms with van der Waals surface area (Å²) in [5.74, 6) is -2.04. The molecule has 176 valence electrons. The van der Waals surface area contributed by atoms with Gasteiger partial charge in [0.25, 0.3) is 0 Å². The fourth-order valence-electron chi connectivity index (χ4n) is 4.24. The van der Waals surface area contributed by atoms with E-state index in [0.29, 0.717) is 17.9 Å². The highest BCUT2D eigenvalue weighted by molar-refractivity contribution is 7.89. The number of hydrogen-bond acceptors (Lipinski definition) is 6. The third kappa shape index (κ3) is 4.93. The summed E-state index contributed by atoms with van der Waals surface area (Å²) in [4.78, 5) is 3.71. The van der Waals surface area contributed by atoms with Crippen LogP contribution in [0.4, 0.5) is 8.78 Å². The van der Waals surface area contributed by atoms with Gasteiger partial charge in [-0.1, -0.05) is 29.6 Å². The summed E-state index contributed by atoms with van der Waals surface area (Å²) >= 11 is 5.91. The molecule has 1 aromatic heterocycles. The van der Waals surface area contributed by atoms with Crippen LogP contribution in [-0.2, 0) is 16.6 Å². The normalized spacial score (nSPS) is 19.2. The monoisotopic (exact) mass is 497 g/mol. The molecule has 1 aliphatic rings. The summed E-state index contributed by atoms with van der Waals surface area (Å²) in [6.07, 6.45) is 3.77. The van der Waals surface area contributed by atoms with Crippen LogP contribution in [0.3, 0.4) is 0 Å². The number of nitrogens with zero attached hydrogens (tertiary/aromatic N) is 3. The van der Waals surface area contributed by atoms with Gasteiger partial charge in [0.1, 0.15) is 11.6 Å². The number of aliphatic hydroxyl groups is 1. The summed E-state index contributed by atoms with van der Waals surface area (Å²) in [5.41, 5.74) is -0.331. The van der Waals surface area contributed by atoms with E-state index in [9.17, 15) is 17.9 Å². The molecule has 2 aromatic carbocycles. The van der Waals surface area contributed by atoms with Gasteiger partial charge in [-0.15, -0.1) is 0 Å². The molecule has 1 saturated carbocycles. The zero-order chi connectivity index (χ0) is 23.6. The van der Waals surface area contributed by atoms with Gasteiger partial charge in [0.2, 0.25) is 22.2 Å². The lowest BCUT2D eigenvalue weighted by atomic mass is 9.85. The molecular formula is C22H22ClF2N3O4S. The van der Waals surface area contributed by atoms with Crippen molar-refractivity contribution in [2.24, 2.45) is 5.92 Å². The topological polar surface area (TPSA) is 96.5 Å². The molecule has 0 spiro atoms. The van der Waals surface area contributed by atoms with Crippen molar-refractivity contribution in [3.63, 3.8) is 0 Å². The van der Waals surface area contributed by atoms with Gasteiger partial charge in [-0.2, -0.15) is 9.29 Å². The average molecular weight is 498 g/mol. The van der Waals surface area contributed by atoms with E-state index in [1.54, 1.807) is 0 Å². The zero-order valence-corrected chi connectivity index (χ0v) is 19.1. The standard InChI is InChI=1S/C22H22ClF2N3O4S/c23-16-5-7-17(8-6-16)33(30,31)28(21-4-2-1-3-14(21)12-29)11-15-9-20(25)18(10-19(15)24)22-26-13-32-27-22/h5-10,13-14,21,29H,1-4,11-12H2/t14-,21+/m1/s1. The Bertz CT molecular complexity index is 1210. The van der Waals surface area contributed by atoms with E-state index >= 15 is 4.39 Å². The summed E-state index contributed by atoms with van der Waals surface area (Å²) in [5, 5.41) is 13.8. The van der Waals surface area contributed by atoms with E-state index in [1.165, 1.54) is 28.6 Å². The lowest BCUT2D eigenvalue weighted by molar-refractivity contribution is 0.109. The van der Waals surface area contributed by atoms with Crippen molar-refractivity contribution in [2.45, 2.75) is 43.2 Å². The van der Waals surface area contributed by atoms with Gasteiger partial charge >= 0.3 is 0 Å². The Morgan fingerprint density at radius 1 is 1.12 bits per heavy atom. The molecule has 1 fully saturated rings. The molecule has 4 rings (SSSR count). The lowest BCUT2D eigenvalue weighted by Gasteiger charge is -2.38. The van der Waals surface area contributed by atoms with Gasteiger partial charge in [-0.25, -0.2) is 17.2 Å². The quantitative estimate of drug-likeness (QED) is 0.519. The highest BCUT2D eigenvalue weighted by Crippen LogP contribution is 2.34.